The largest absolute Gasteiger partial charge is 0.126 e. The van der Waals surface area contributed by atoms with E-state index in [1.165, 1.54) is 16.7 Å². The number of hydrogen-bond acceptors (Lipinski definition) is 0. The van der Waals surface area contributed by atoms with Gasteiger partial charge in [0.05, 0.1) is 0 Å². The lowest BCUT2D eigenvalue weighted by molar-refractivity contribution is 0.864. The van der Waals surface area contributed by atoms with Crippen LogP contribution in [0, 0.1) is 13.8 Å². The Balaban J connectivity index is 3.01. The normalized spacial score (nSPS) is 13.0. The molecule has 12 heavy (non-hydrogen) atoms. The SMILES string of the molecule is Cc1ccc(C(C)CCl)c(C)c1. The van der Waals surface area contributed by atoms with E-state index >= 15 is 0 Å². The molecule has 1 heteroatoms. The van der Waals surface area contributed by atoms with Gasteiger partial charge in [-0.1, -0.05) is 30.7 Å². The lowest BCUT2D eigenvalue weighted by atomic mass is 9.96. The third kappa shape index (κ3) is 2.01. The summed E-state index contributed by atoms with van der Waals surface area (Å²) in [4.78, 5) is 0. The van der Waals surface area contributed by atoms with Crippen molar-refractivity contribution in [2.45, 2.75) is 26.7 Å². The molecule has 0 aliphatic carbocycles. The summed E-state index contributed by atoms with van der Waals surface area (Å²) < 4.78 is 0. The second-order valence-electron chi connectivity index (χ2n) is 3.42. The first-order chi connectivity index (χ1) is 5.65. The van der Waals surface area contributed by atoms with E-state index in [1.54, 1.807) is 0 Å². The third-order valence-electron chi connectivity index (χ3n) is 2.19. The van der Waals surface area contributed by atoms with Gasteiger partial charge >= 0.3 is 0 Å². The predicted octanol–water partition coefficient (Wildman–Crippen LogP) is 3.65. The molecule has 0 saturated heterocycles. The Morgan fingerprint density at radius 3 is 2.50 bits per heavy atom. The van der Waals surface area contributed by atoms with Crippen molar-refractivity contribution < 1.29 is 0 Å². The summed E-state index contributed by atoms with van der Waals surface area (Å²) in [6.07, 6.45) is 0. The Kier molecular flexibility index (Phi) is 3.16. The Bertz CT molecular complexity index is 266. The van der Waals surface area contributed by atoms with Crippen LogP contribution in [-0.2, 0) is 0 Å². The van der Waals surface area contributed by atoms with Gasteiger partial charge in [-0.2, -0.15) is 0 Å². The van der Waals surface area contributed by atoms with Crippen LogP contribution in [0.25, 0.3) is 0 Å². The van der Waals surface area contributed by atoms with Crippen molar-refractivity contribution in [3.05, 3.63) is 34.9 Å². The number of aryl methyl sites for hydroxylation is 2. The maximum absolute atomic E-state index is 5.80. The Morgan fingerprint density at radius 1 is 1.33 bits per heavy atom. The average molecular weight is 183 g/mol. The van der Waals surface area contributed by atoms with E-state index in [-0.39, 0.29) is 0 Å². The first kappa shape index (κ1) is 9.60. The van der Waals surface area contributed by atoms with Crippen LogP contribution < -0.4 is 0 Å². The zero-order valence-corrected chi connectivity index (χ0v) is 8.65. The molecule has 0 radical (unpaired) electrons. The lowest BCUT2D eigenvalue weighted by Crippen LogP contribution is -1.97. The molecule has 1 unspecified atom stereocenters. The van der Waals surface area contributed by atoms with Crippen LogP contribution in [0.4, 0.5) is 0 Å². The smallest absolute Gasteiger partial charge is 0.0289 e. The fourth-order valence-corrected chi connectivity index (χ4v) is 1.63. The van der Waals surface area contributed by atoms with Gasteiger partial charge in [0.1, 0.15) is 0 Å². The summed E-state index contributed by atoms with van der Waals surface area (Å²) in [6.45, 7) is 6.41. The third-order valence-corrected chi connectivity index (χ3v) is 2.65. The topological polar surface area (TPSA) is 0 Å². The van der Waals surface area contributed by atoms with Gasteiger partial charge in [-0.15, -0.1) is 11.6 Å². The molecule has 0 amide bonds. The molecule has 66 valence electrons. The van der Waals surface area contributed by atoms with Gasteiger partial charge in [-0.25, -0.2) is 0 Å². The van der Waals surface area contributed by atoms with Gasteiger partial charge in [-0.05, 0) is 30.9 Å². The number of halogens is 1. The van der Waals surface area contributed by atoms with Crippen LogP contribution in [-0.4, -0.2) is 5.88 Å². The highest BCUT2D eigenvalue weighted by Gasteiger charge is 2.06. The standard InChI is InChI=1S/C11H15Cl/c1-8-4-5-11(9(2)6-8)10(3)7-12/h4-6,10H,7H2,1-3H3. The van der Waals surface area contributed by atoms with Crippen molar-refractivity contribution in [2.24, 2.45) is 0 Å². The Morgan fingerprint density at radius 2 is 2.00 bits per heavy atom. The molecule has 1 aromatic rings. The predicted molar refractivity (Wildman–Crippen MR) is 55.1 cm³/mol. The van der Waals surface area contributed by atoms with E-state index in [0.717, 1.165) is 0 Å². The van der Waals surface area contributed by atoms with E-state index in [9.17, 15) is 0 Å². The minimum Gasteiger partial charge on any atom is -0.126 e. The summed E-state index contributed by atoms with van der Waals surface area (Å²) in [6, 6.07) is 6.53. The molecular weight excluding hydrogens is 168 g/mol. The molecule has 0 aliphatic rings. The van der Waals surface area contributed by atoms with E-state index in [4.69, 9.17) is 11.6 Å². The van der Waals surface area contributed by atoms with Gasteiger partial charge in [-0.3, -0.25) is 0 Å². The van der Waals surface area contributed by atoms with Crippen LogP contribution in [0.2, 0.25) is 0 Å². The van der Waals surface area contributed by atoms with Crippen LogP contribution in [0.3, 0.4) is 0 Å². The van der Waals surface area contributed by atoms with E-state index < -0.39 is 0 Å². The molecular formula is C11H15Cl. The summed E-state index contributed by atoms with van der Waals surface area (Å²) >= 11 is 5.80. The monoisotopic (exact) mass is 182 g/mol. The molecule has 0 saturated carbocycles. The zero-order valence-electron chi connectivity index (χ0n) is 7.89. The second-order valence-corrected chi connectivity index (χ2v) is 3.72. The molecule has 0 heterocycles. The zero-order chi connectivity index (χ0) is 9.14. The van der Waals surface area contributed by atoms with Gasteiger partial charge < -0.3 is 0 Å². The lowest BCUT2D eigenvalue weighted by Gasteiger charge is -2.11. The molecule has 0 aromatic heterocycles. The van der Waals surface area contributed by atoms with Crippen molar-refractivity contribution >= 4 is 11.6 Å². The van der Waals surface area contributed by atoms with Crippen molar-refractivity contribution in [1.82, 2.24) is 0 Å². The fraction of sp³-hybridized carbons (Fsp3) is 0.455. The van der Waals surface area contributed by atoms with Crippen molar-refractivity contribution in [3.63, 3.8) is 0 Å². The summed E-state index contributed by atoms with van der Waals surface area (Å²) in [7, 11) is 0. The number of benzene rings is 1. The van der Waals surface area contributed by atoms with Crippen molar-refractivity contribution in [1.29, 1.82) is 0 Å². The second kappa shape index (κ2) is 3.95. The maximum atomic E-state index is 5.80. The summed E-state index contributed by atoms with van der Waals surface area (Å²) in [5.41, 5.74) is 4.04. The van der Waals surface area contributed by atoms with Crippen LogP contribution in [0.1, 0.15) is 29.5 Å². The van der Waals surface area contributed by atoms with Crippen LogP contribution >= 0.6 is 11.6 Å². The molecule has 1 aromatic carbocycles. The quantitative estimate of drug-likeness (QED) is 0.613. The van der Waals surface area contributed by atoms with E-state index in [1.807, 2.05) is 0 Å². The van der Waals surface area contributed by atoms with Gasteiger partial charge in [0, 0.05) is 5.88 Å². The highest BCUT2D eigenvalue weighted by atomic mass is 35.5. The molecule has 0 fully saturated rings. The summed E-state index contributed by atoms with van der Waals surface area (Å²) in [5, 5.41) is 0. The Hall–Kier alpha value is -0.490. The van der Waals surface area contributed by atoms with Crippen molar-refractivity contribution in [2.75, 3.05) is 5.88 Å². The van der Waals surface area contributed by atoms with Crippen molar-refractivity contribution in [3.8, 4) is 0 Å². The van der Waals surface area contributed by atoms with E-state index in [0.29, 0.717) is 11.8 Å². The minimum absolute atomic E-state index is 0.465. The molecule has 1 atom stereocenters. The Labute approximate surface area is 79.6 Å². The van der Waals surface area contributed by atoms with Gasteiger partial charge in [0.25, 0.3) is 0 Å². The summed E-state index contributed by atoms with van der Waals surface area (Å²) in [5.74, 6) is 1.16. The minimum atomic E-state index is 0.465. The van der Waals surface area contributed by atoms with Crippen LogP contribution in [0.5, 0.6) is 0 Å². The fourth-order valence-electron chi connectivity index (χ4n) is 1.46. The van der Waals surface area contributed by atoms with Gasteiger partial charge in [0.2, 0.25) is 0 Å². The molecule has 1 rings (SSSR count). The highest BCUT2D eigenvalue weighted by Crippen LogP contribution is 2.21. The number of hydrogen-bond donors (Lipinski definition) is 0. The number of rotatable bonds is 2. The molecule has 0 N–H and O–H groups in total. The average Bonchev–Trinajstić information content (AvgIpc) is 2.03. The molecule has 0 bridgehead atoms. The van der Waals surface area contributed by atoms with Gasteiger partial charge in [0.15, 0.2) is 0 Å². The van der Waals surface area contributed by atoms with Crippen LogP contribution in [0.15, 0.2) is 18.2 Å². The number of alkyl halides is 1. The highest BCUT2D eigenvalue weighted by molar-refractivity contribution is 6.18. The molecule has 0 nitrogen and oxygen atoms in total. The molecule has 0 spiro atoms. The maximum Gasteiger partial charge on any atom is 0.0289 e. The first-order valence-corrected chi connectivity index (χ1v) is 4.81. The first-order valence-electron chi connectivity index (χ1n) is 4.28. The molecule has 0 aliphatic heterocycles. The van der Waals surface area contributed by atoms with E-state index in [2.05, 4.69) is 39.0 Å².